The molecule has 0 spiro atoms. The Morgan fingerprint density at radius 1 is 1.39 bits per heavy atom. The van der Waals surface area contributed by atoms with E-state index in [1.165, 1.54) is 18.9 Å². The minimum absolute atomic E-state index is 0.0882. The van der Waals surface area contributed by atoms with E-state index in [1.807, 2.05) is 0 Å². The van der Waals surface area contributed by atoms with Crippen LogP contribution in [0.3, 0.4) is 0 Å². The molecule has 1 fully saturated rings. The number of halogens is 1. The number of hydrogen-bond donors (Lipinski definition) is 1. The fraction of sp³-hybridized carbons (Fsp3) is 0.600. The molecule has 0 unspecified atom stereocenters. The van der Waals surface area contributed by atoms with Crippen molar-refractivity contribution < 1.29 is 9.13 Å². The third kappa shape index (κ3) is 3.98. The first-order valence-electron chi connectivity index (χ1n) is 6.59. The van der Waals surface area contributed by atoms with Crippen LogP contribution < -0.4 is 10.1 Å². The van der Waals surface area contributed by atoms with Crippen LogP contribution in [0.4, 0.5) is 4.39 Å². The molecule has 0 bridgehead atoms. The minimum Gasteiger partial charge on any atom is -0.493 e. The van der Waals surface area contributed by atoms with Crippen LogP contribution >= 0.6 is 0 Å². The van der Waals surface area contributed by atoms with Crippen LogP contribution in [0.15, 0.2) is 18.2 Å². The molecule has 1 aliphatic carbocycles. The molecular weight excluding hydrogens is 229 g/mol. The molecule has 1 saturated carbocycles. The van der Waals surface area contributed by atoms with Gasteiger partial charge in [-0.3, -0.25) is 0 Å². The molecule has 1 aliphatic rings. The van der Waals surface area contributed by atoms with Crippen molar-refractivity contribution in [3.05, 3.63) is 29.6 Å². The van der Waals surface area contributed by atoms with Crippen LogP contribution in [0.5, 0.6) is 5.75 Å². The van der Waals surface area contributed by atoms with E-state index >= 15 is 0 Å². The average molecular weight is 251 g/mol. The van der Waals surface area contributed by atoms with Gasteiger partial charge in [0, 0.05) is 18.0 Å². The van der Waals surface area contributed by atoms with Gasteiger partial charge in [0.2, 0.25) is 0 Å². The summed E-state index contributed by atoms with van der Waals surface area (Å²) >= 11 is 0. The Hall–Kier alpha value is -1.09. The molecule has 0 radical (unpaired) electrons. The quantitative estimate of drug-likeness (QED) is 0.837. The van der Waals surface area contributed by atoms with Crippen molar-refractivity contribution in [3.8, 4) is 5.75 Å². The molecule has 1 N–H and O–H groups in total. The van der Waals surface area contributed by atoms with Gasteiger partial charge in [-0.05, 0) is 43.5 Å². The SMILES string of the molecule is Cc1cc(OCC(C)(C)CNC2CC2)ccc1F. The van der Waals surface area contributed by atoms with Crippen LogP contribution in [0.25, 0.3) is 0 Å². The zero-order valence-electron chi connectivity index (χ0n) is 11.4. The molecule has 1 aromatic carbocycles. The van der Waals surface area contributed by atoms with Crippen LogP contribution in [0.1, 0.15) is 32.3 Å². The number of hydrogen-bond acceptors (Lipinski definition) is 2. The third-order valence-electron chi connectivity index (χ3n) is 3.21. The zero-order chi connectivity index (χ0) is 13.2. The molecule has 1 aromatic rings. The van der Waals surface area contributed by atoms with Crippen molar-refractivity contribution in [2.75, 3.05) is 13.2 Å². The molecular formula is C15H22FNO. The molecule has 2 rings (SSSR count). The Morgan fingerprint density at radius 2 is 2.11 bits per heavy atom. The summed E-state index contributed by atoms with van der Waals surface area (Å²) in [6.45, 7) is 7.70. The van der Waals surface area contributed by atoms with Crippen LogP contribution in [0, 0.1) is 18.2 Å². The Morgan fingerprint density at radius 3 is 2.72 bits per heavy atom. The number of aryl methyl sites for hydroxylation is 1. The summed E-state index contributed by atoms with van der Waals surface area (Å²) in [7, 11) is 0. The van der Waals surface area contributed by atoms with E-state index in [-0.39, 0.29) is 11.2 Å². The Labute approximate surface area is 109 Å². The highest BCUT2D eigenvalue weighted by Crippen LogP contribution is 2.23. The van der Waals surface area contributed by atoms with E-state index in [1.54, 1.807) is 19.1 Å². The maximum absolute atomic E-state index is 13.1. The largest absolute Gasteiger partial charge is 0.493 e. The molecule has 0 aromatic heterocycles. The predicted octanol–water partition coefficient (Wildman–Crippen LogP) is 3.29. The van der Waals surface area contributed by atoms with Crippen molar-refractivity contribution in [2.24, 2.45) is 5.41 Å². The summed E-state index contributed by atoms with van der Waals surface area (Å²) in [5.74, 6) is 0.561. The zero-order valence-corrected chi connectivity index (χ0v) is 11.4. The van der Waals surface area contributed by atoms with Gasteiger partial charge < -0.3 is 10.1 Å². The van der Waals surface area contributed by atoms with Gasteiger partial charge in [-0.25, -0.2) is 4.39 Å². The lowest BCUT2D eigenvalue weighted by atomic mass is 9.95. The maximum Gasteiger partial charge on any atom is 0.126 e. The van der Waals surface area contributed by atoms with Crippen molar-refractivity contribution in [1.29, 1.82) is 0 Å². The first-order valence-corrected chi connectivity index (χ1v) is 6.59. The van der Waals surface area contributed by atoms with Gasteiger partial charge in [-0.2, -0.15) is 0 Å². The predicted molar refractivity (Wildman–Crippen MR) is 71.4 cm³/mol. The molecule has 18 heavy (non-hydrogen) atoms. The van der Waals surface area contributed by atoms with Crippen LogP contribution in [-0.4, -0.2) is 19.2 Å². The van der Waals surface area contributed by atoms with Gasteiger partial charge in [-0.1, -0.05) is 13.8 Å². The second-order valence-electron chi connectivity index (χ2n) is 6.02. The lowest BCUT2D eigenvalue weighted by molar-refractivity contribution is 0.175. The van der Waals surface area contributed by atoms with Crippen LogP contribution in [-0.2, 0) is 0 Å². The van der Waals surface area contributed by atoms with Crippen molar-refractivity contribution >= 4 is 0 Å². The van der Waals surface area contributed by atoms with Crippen molar-refractivity contribution in [1.82, 2.24) is 5.32 Å². The highest BCUT2D eigenvalue weighted by atomic mass is 19.1. The second kappa shape index (κ2) is 5.27. The van der Waals surface area contributed by atoms with E-state index in [9.17, 15) is 4.39 Å². The standard InChI is InChI=1S/C15H22FNO/c1-11-8-13(6-7-14(11)16)18-10-15(2,3)9-17-12-4-5-12/h6-8,12,17H,4-5,9-10H2,1-3H3. The average Bonchev–Trinajstić information content (AvgIpc) is 3.12. The van der Waals surface area contributed by atoms with E-state index in [2.05, 4.69) is 19.2 Å². The van der Waals surface area contributed by atoms with E-state index in [4.69, 9.17) is 4.74 Å². The fourth-order valence-electron chi connectivity index (χ4n) is 1.74. The van der Waals surface area contributed by atoms with Gasteiger partial charge in [0.05, 0.1) is 6.61 Å². The van der Waals surface area contributed by atoms with E-state index in [0.717, 1.165) is 18.3 Å². The summed E-state index contributed by atoms with van der Waals surface area (Å²) < 4.78 is 18.9. The normalized spacial score (nSPS) is 15.8. The topological polar surface area (TPSA) is 21.3 Å². The summed E-state index contributed by atoms with van der Waals surface area (Å²) in [6, 6.07) is 5.62. The first kappa shape index (κ1) is 13.3. The summed E-state index contributed by atoms with van der Waals surface area (Å²) in [5, 5.41) is 3.51. The lowest BCUT2D eigenvalue weighted by Gasteiger charge is -2.25. The molecule has 0 saturated heterocycles. The molecule has 0 amide bonds. The second-order valence-corrected chi connectivity index (χ2v) is 6.02. The summed E-state index contributed by atoms with van der Waals surface area (Å²) in [5.41, 5.74) is 0.714. The maximum atomic E-state index is 13.1. The molecule has 2 nitrogen and oxygen atoms in total. The number of rotatable bonds is 6. The Balaban J connectivity index is 1.82. The number of benzene rings is 1. The van der Waals surface area contributed by atoms with Crippen molar-refractivity contribution in [3.63, 3.8) is 0 Å². The summed E-state index contributed by atoms with van der Waals surface area (Å²) in [4.78, 5) is 0. The molecule has 100 valence electrons. The Bertz CT molecular complexity index is 413. The Kier molecular flexibility index (Phi) is 3.91. The van der Waals surface area contributed by atoms with Gasteiger partial charge in [0.25, 0.3) is 0 Å². The highest BCUT2D eigenvalue weighted by molar-refractivity contribution is 5.28. The molecule has 0 aliphatic heterocycles. The number of nitrogens with one attached hydrogen (secondary N) is 1. The smallest absolute Gasteiger partial charge is 0.126 e. The lowest BCUT2D eigenvalue weighted by Crippen LogP contribution is -2.35. The van der Waals surface area contributed by atoms with E-state index < -0.39 is 0 Å². The fourth-order valence-corrected chi connectivity index (χ4v) is 1.74. The third-order valence-corrected chi connectivity index (χ3v) is 3.21. The monoisotopic (exact) mass is 251 g/mol. The van der Waals surface area contributed by atoms with Crippen molar-refractivity contribution in [2.45, 2.75) is 39.7 Å². The van der Waals surface area contributed by atoms with Gasteiger partial charge in [0.1, 0.15) is 11.6 Å². The molecule has 0 heterocycles. The molecule has 3 heteroatoms. The van der Waals surface area contributed by atoms with Crippen LogP contribution in [0.2, 0.25) is 0 Å². The highest BCUT2D eigenvalue weighted by Gasteiger charge is 2.25. The van der Waals surface area contributed by atoms with Gasteiger partial charge >= 0.3 is 0 Å². The van der Waals surface area contributed by atoms with Gasteiger partial charge in [0.15, 0.2) is 0 Å². The molecule has 0 atom stereocenters. The van der Waals surface area contributed by atoms with Gasteiger partial charge in [-0.15, -0.1) is 0 Å². The summed E-state index contributed by atoms with van der Waals surface area (Å²) in [6.07, 6.45) is 2.60. The number of ether oxygens (including phenoxy) is 1. The minimum atomic E-state index is -0.183. The first-order chi connectivity index (χ1) is 8.46. The van der Waals surface area contributed by atoms with E-state index in [0.29, 0.717) is 12.2 Å².